The molecule has 13 heavy (non-hydrogen) atoms. The predicted octanol–water partition coefficient (Wildman–Crippen LogP) is 1.96. The zero-order valence-electron chi connectivity index (χ0n) is 7.82. The van der Waals surface area contributed by atoms with E-state index in [-0.39, 0.29) is 6.10 Å². The topological polar surface area (TPSA) is 35.2 Å². The van der Waals surface area contributed by atoms with Gasteiger partial charge in [-0.3, -0.25) is 0 Å². The monoisotopic (exact) mass is 197 g/mol. The molecule has 0 amide bonds. The minimum atomic E-state index is 0.244. The predicted molar refractivity (Wildman–Crippen MR) is 54.9 cm³/mol. The standard InChI is InChI=1S/C10H15NOS/c1-7(6-11)9-10-8(2-4-12-9)3-5-13-10/h3,5,7,9H,2,4,6,11H2,1H3/t7-,9+/m1/s1. The van der Waals surface area contributed by atoms with Crippen LogP contribution in [-0.4, -0.2) is 13.2 Å². The van der Waals surface area contributed by atoms with Gasteiger partial charge in [0.25, 0.3) is 0 Å². The Balaban J connectivity index is 2.24. The van der Waals surface area contributed by atoms with Crippen LogP contribution in [0.2, 0.25) is 0 Å². The summed E-state index contributed by atoms with van der Waals surface area (Å²) in [6.45, 7) is 3.69. The van der Waals surface area contributed by atoms with E-state index in [0.717, 1.165) is 13.0 Å². The van der Waals surface area contributed by atoms with E-state index in [0.29, 0.717) is 12.5 Å². The third kappa shape index (κ3) is 1.64. The molecule has 0 saturated carbocycles. The largest absolute Gasteiger partial charge is 0.372 e. The molecule has 0 aliphatic carbocycles. The van der Waals surface area contributed by atoms with Gasteiger partial charge in [0, 0.05) is 4.88 Å². The Labute approximate surface area is 82.7 Å². The number of hydrogen-bond acceptors (Lipinski definition) is 3. The zero-order valence-corrected chi connectivity index (χ0v) is 8.64. The van der Waals surface area contributed by atoms with Gasteiger partial charge in [0.1, 0.15) is 0 Å². The third-order valence-corrected chi connectivity index (χ3v) is 3.62. The molecule has 0 aromatic carbocycles. The highest BCUT2D eigenvalue weighted by Gasteiger charge is 2.26. The molecule has 0 fully saturated rings. The fraction of sp³-hybridized carbons (Fsp3) is 0.600. The molecule has 2 heterocycles. The van der Waals surface area contributed by atoms with Gasteiger partial charge < -0.3 is 10.5 Å². The van der Waals surface area contributed by atoms with Gasteiger partial charge in [-0.15, -0.1) is 11.3 Å². The van der Waals surface area contributed by atoms with Crippen LogP contribution in [0.3, 0.4) is 0 Å². The van der Waals surface area contributed by atoms with E-state index in [1.807, 2.05) is 0 Å². The van der Waals surface area contributed by atoms with Crippen molar-refractivity contribution in [1.29, 1.82) is 0 Å². The lowest BCUT2D eigenvalue weighted by Crippen LogP contribution is -2.25. The maximum Gasteiger partial charge on any atom is 0.0957 e. The van der Waals surface area contributed by atoms with Gasteiger partial charge in [0.2, 0.25) is 0 Å². The Hall–Kier alpha value is -0.380. The summed E-state index contributed by atoms with van der Waals surface area (Å²) in [6.07, 6.45) is 1.31. The summed E-state index contributed by atoms with van der Waals surface area (Å²) in [7, 11) is 0. The molecule has 0 spiro atoms. The van der Waals surface area contributed by atoms with Gasteiger partial charge in [-0.1, -0.05) is 6.92 Å². The minimum absolute atomic E-state index is 0.244. The Kier molecular flexibility index (Phi) is 2.67. The molecule has 2 N–H and O–H groups in total. The maximum atomic E-state index is 5.75. The van der Waals surface area contributed by atoms with Crippen LogP contribution < -0.4 is 5.73 Å². The van der Waals surface area contributed by atoms with Gasteiger partial charge in [0.05, 0.1) is 12.7 Å². The van der Waals surface area contributed by atoms with Crippen molar-refractivity contribution in [2.45, 2.75) is 19.4 Å². The zero-order chi connectivity index (χ0) is 9.26. The summed E-state index contributed by atoms with van der Waals surface area (Å²) in [4.78, 5) is 1.39. The lowest BCUT2D eigenvalue weighted by Gasteiger charge is -2.27. The van der Waals surface area contributed by atoms with Crippen LogP contribution in [0.15, 0.2) is 11.4 Å². The minimum Gasteiger partial charge on any atom is -0.372 e. The van der Waals surface area contributed by atoms with E-state index >= 15 is 0 Å². The van der Waals surface area contributed by atoms with E-state index in [4.69, 9.17) is 10.5 Å². The molecular weight excluding hydrogens is 182 g/mol. The van der Waals surface area contributed by atoms with Crippen LogP contribution in [0.4, 0.5) is 0 Å². The lowest BCUT2D eigenvalue weighted by atomic mass is 9.98. The molecule has 1 aliphatic heterocycles. The lowest BCUT2D eigenvalue weighted by molar-refractivity contribution is 0.0117. The van der Waals surface area contributed by atoms with E-state index < -0.39 is 0 Å². The van der Waals surface area contributed by atoms with Gasteiger partial charge in [-0.25, -0.2) is 0 Å². The summed E-state index contributed by atoms with van der Waals surface area (Å²) in [5.74, 6) is 0.428. The van der Waals surface area contributed by atoms with Crippen LogP contribution >= 0.6 is 11.3 Å². The van der Waals surface area contributed by atoms with Crippen molar-refractivity contribution >= 4 is 11.3 Å². The van der Waals surface area contributed by atoms with E-state index in [1.54, 1.807) is 11.3 Å². The molecule has 0 bridgehead atoms. The molecule has 2 nitrogen and oxygen atoms in total. The Morgan fingerprint density at radius 2 is 2.62 bits per heavy atom. The van der Waals surface area contributed by atoms with Crippen molar-refractivity contribution in [1.82, 2.24) is 0 Å². The van der Waals surface area contributed by atoms with Crippen molar-refractivity contribution in [3.05, 3.63) is 21.9 Å². The fourth-order valence-corrected chi connectivity index (χ4v) is 2.86. The van der Waals surface area contributed by atoms with Crippen molar-refractivity contribution in [2.24, 2.45) is 11.7 Å². The Bertz CT molecular complexity index is 284. The summed E-state index contributed by atoms with van der Waals surface area (Å²) < 4.78 is 5.75. The van der Waals surface area contributed by atoms with Crippen LogP contribution in [0.25, 0.3) is 0 Å². The molecule has 1 aliphatic rings. The number of rotatable bonds is 2. The third-order valence-electron chi connectivity index (χ3n) is 2.60. The molecule has 1 aromatic rings. The van der Waals surface area contributed by atoms with E-state index in [2.05, 4.69) is 18.4 Å². The van der Waals surface area contributed by atoms with E-state index in [1.165, 1.54) is 10.4 Å². The number of hydrogen-bond donors (Lipinski definition) is 1. The molecule has 3 heteroatoms. The highest BCUT2D eigenvalue weighted by Crippen LogP contribution is 2.35. The molecule has 0 unspecified atom stereocenters. The number of thiophene rings is 1. The maximum absolute atomic E-state index is 5.75. The molecular formula is C10H15NOS. The highest BCUT2D eigenvalue weighted by molar-refractivity contribution is 7.10. The first-order chi connectivity index (χ1) is 6.33. The Morgan fingerprint density at radius 1 is 1.77 bits per heavy atom. The normalized spacial score (nSPS) is 24.0. The molecule has 1 aromatic heterocycles. The van der Waals surface area contributed by atoms with Crippen molar-refractivity contribution in [3.63, 3.8) is 0 Å². The number of ether oxygens (including phenoxy) is 1. The average Bonchev–Trinajstić information content (AvgIpc) is 2.63. The van der Waals surface area contributed by atoms with Crippen molar-refractivity contribution < 1.29 is 4.74 Å². The molecule has 0 radical (unpaired) electrons. The fourth-order valence-electron chi connectivity index (χ4n) is 1.72. The SMILES string of the molecule is C[C@H](CN)[C@@H]1OCCc2ccsc21. The first kappa shape index (κ1) is 9.19. The highest BCUT2D eigenvalue weighted by atomic mass is 32.1. The number of fused-ring (bicyclic) bond motifs is 1. The van der Waals surface area contributed by atoms with Crippen molar-refractivity contribution in [2.75, 3.05) is 13.2 Å². The van der Waals surface area contributed by atoms with Gasteiger partial charge in [-0.2, -0.15) is 0 Å². The Morgan fingerprint density at radius 3 is 3.38 bits per heavy atom. The molecule has 2 atom stereocenters. The van der Waals surface area contributed by atoms with Crippen molar-refractivity contribution in [3.8, 4) is 0 Å². The van der Waals surface area contributed by atoms with Crippen LogP contribution in [-0.2, 0) is 11.2 Å². The quantitative estimate of drug-likeness (QED) is 0.786. The summed E-state index contributed by atoms with van der Waals surface area (Å²) in [6, 6.07) is 2.21. The van der Waals surface area contributed by atoms with E-state index in [9.17, 15) is 0 Å². The van der Waals surface area contributed by atoms with Gasteiger partial charge in [-0.05, 0) is 35.9 Å². The van der Waals surface area contributed by atoms with Gasteiger partial charge in [0.15, 0.2) is 0 Å². The summed E-state index contributed by atoms with van der Waals surface area (Å²) >= 11 is 1.80. The van der Waals surface area contributed by atoms with Crippen LogP contribution in [0, 0.1) is 5.92 Å². The first-order valence-corrected chi connectivity index (χ1v) is 5.59. The number of nitrogens with two attached hydrogens (primary N) is 1. The average molecular weight is 197 g/mol. The smallest absolute Gasteiger partial charge is 0.0957 e. The molecule has 72 valence electrons. The van der Waals surface area contributed by atoms with Crippen LogP contribution in [0.5, 0.6) is 0 Å². The first-order valence-electron chi connectivity index (χ1n) is 4.71. The summed E-state index contributed by atoms with van der Waals surface area (Å²) in [5.41, 5.74) is 7.11. The van der Waals surface area contributed by atoms with Crippen LogP contribution in [0.1, 0.15) is 23.5 Å². The second kappa shape index (κ2) is 3.78. The summed E-state index contributed by atoms with van der Waals surface area (Å²) in [5, 5.41) is 2.15. The molecule has 0 saturated heterocycles. The second-order valence-electron chi connectivity index (χ2n) is 3.56. The molecule has 2 rings (SSSR count). The second-order valence-corrected chi connectivity index (χ2v) is 4.51. The van der Waals surface area contributed by atoms with Gasteiger partial charge >= 0.3 is 0 Å².